The van der Waals surface area contributed by atoms with Crippen LogP contribution in [0.3, 0.4) is 0 Å². The van der Waals surface area contributed by atoms with Gasteiger partial charge in [-0.1, -0.05) is 42.5 Å². The first-order valence-corrected chi connectivity index (χ1v) is 13.9. The maximum absolute atomic E-state index is 14.1. The summed E-state index contributed by atoms with van der Waals surface area (Å²) in [6, 6.07) is 21.1. The van der Waals surface area contributed by atoms with Gasteiger partial charge in [-0.15, -0.1) is 0 Å². The minimum atomic E-state index is -0.572. The van der Waals surface area contributed by atoms with Crippen molar-refractivity contribution in [3.8, 4) is 17.2 Å². The molecule has 0 aromatic heterocycles. The van der Waals surface area contributed by atoms with Crippen molar-refractivity contribution < 1.29 is 23.8 Å². The van der Waals surface area contributed by atoms with Crippen LogP contribution in [0.2, 0.25) is 0 Å². The lowest BCUT2D eigenvalue weighted by atomic mass is 9.71. The van der Waals surface area contributed by atoms with Crippen molar-refractivity contribution in [2.75, 3.05) is 26.1 Å². The Bertz CT molecular complexity index is 1550. The second kappa shape index (κ2) is 11.9. The Morgan fingerprint density at radius 1 is 0.927 bits per heavy atom. The summed E-state index contributed by atoms with van der Waals surface area (Å²) in [5, 5.41) is 6.56. The molecule has 1 amide bonds. The highest BCUT2D eigenvalue weighted by atomic mass is 16.5. The van der Waals surface area contributed by atoms with Crippen LogP contribution in [0.4, 0.5) is 5.69 Å². The van der Waals surface area contributed by atoms with Gasteiger partial charge in [0.25, 0.3) is 5.91 Å². The second-order valence-electron chi connectivity index (χ2n) is 10.4. The number of methoxy groups -OCH3 is 2. The highest BCUT2D eigenvalue weighted by Gasteiger charge is 2.42. The number of amides is 1. The molecule has 0 unspecified atom stereocenters. The molecule has 0 radical (unpaired) electrons. The van der Waals surface area contributed by atoms with E-state index in [1.165, 1.54) is 0 Å². The maximum Gasteiger partial charge on any atom is 0.254 e. The fourth-order valence-corrected chi connectivity index (χ4v) is 5.90. The van der Waals surface area contributed by atoms with Gasteiger partial charge in [-0.3, -0.25) is 9.59 Å². The van der Waals surface area contributed by atoms with Crippen LogP contribution in [0.5, 0.6) is 17.2 Å². The molecular formula is C34H36N2O5. The summed E-state index contributed by atoms with van der Waals surface area (Å²) >= 11 is 0. The number of Topliss-reactive ketones (excluding diaryl/α,β-unsaturated/α-hetero) is 1. The lowest BCUT2D eigenvalue weighted by molar-refractivity contribution is -0.116. The SMILES string of the molecule is CCOc1ccccc1[C@@H]1C(C(=O)Nc2ccccc2C)=C(C)NC2=C1C(=O)C[C@H](c1ccc(OC)c(OC)c1)C2. The van der Waals surface area contributed by atoms with E-state index in [2.05, 4.69) is 10.6 Å². The number of benzene rings is 3. The van der Waals surface area contributed by atoms with E-state index in [4.69, 9.17) is 14.2 Å². The highest BCUT2D eigenvalue weighted by molar-refractivity contribution is 6.10. The monoisotopic (exact) mass is 552 g/mol. The fraction of sp³-hybridized carbons (Fsp3) is 0.294. The van der Waals surface area contributed by atoms with Gasteiger partial charge in [-0.25, -0.2) is 0 Å². The van der Waals surface area contributed by atoms with Crippen LogP contribution in [0.1, 0.15) is 55.2 Å². The fourth-order valence-electron chi connectivity index (χ4n) is 5.90. The maximum atomic E-state index is 14.1. The lowest BCUT2D eigenvalue weighted by Gasteiger charge is -2.37. The van der Waals surface area contributed by atoms with Gasteiger partial charge in [0.2, 0.25) is 0 Å². The van der Waals surface area contributed by atoms with Gasteiger partial charge in [0.1, 0.15) is 5.75 Å². The molecule has 0 bridgehead atoms. The molecule has 3 aromatic carbocycles. The third kappa shape index (κ3) is 5.44. The number of para-hydroxylation sites is 2. The lowest BCUT2D eigenvalue weighted by Crippen LogP contribution is -2.37. The number of carbonyl (C=O) groups is 2. The van der Waals surface area contributed by atoms with E-state index in [9.17, 15) is 9.59 Å². The van der Waals surface area contributed by atoms with E-state index >= 15 is 0 Å². The van der Waals surface area contributed by atoms with Crippen molar-refractivity contribution in [2.24, 2.45) is 0 Å². The quantitative estimate of drug-likeness (QED) is 0.336. The van der Waals surface area contributed by atoms with Crippen molar-refractivity contribution in [1.82, 2.24) is 5.32 Å². The van der Waals surface area contributed by atoms with Crippen LogP contribution in [0.25, 0.3) is 0 Å². The molecule has 1 heterocycles. The molecular weight excluding hydrogens is 516 g/mol. The van der Waals surface area contributed by atoms with Gasteiger partial charge < -0.3 is 24.8 Å². The Balaban J connectivity index is 1.59. The third-order valence-corrected chi connectivity index (χ3v) is 7.87. The van der Waals surface area contributed by atoms with Crippen molar-refractivity contribution >= 4 is 17.4 Å². The minimum absolute atomic E-state index is 0.00327. The van der Waals surface area contributed by atoms with E-state index in [0.29, 0.717) is 53.5 Å². The zero-order chi connectivity index (χ0) is 29.1. The summed E-state index contributed by atoms with van der Waals surface area (Å²) in [5.41, 5.74) is 6.18. The van der Waals surface area contributed by atoms with Crippen LogP contribution < -0.4 is 24.8 Å². The van der Waals surface area contributed by atoms with E-state index in [1.807, 2.05) is 87.5 Å². The topological polar surface area (TPSA) is 85.9 Å². The smallest absolute Gasteiger partial charge is 0.254 e. The summed E-state index contributed by atoms with van der Waals surface area (Å²) in [4.78, 5) is 28.1. The number of rotatable bonds is 8. The van der Waals surface area contributed by atoms with Crippen LogP contribution in [0, 0.1) is 6.92 Å². The summed E-state index contributed by atoms with van der Waals surface area (Å²) < 4.78 is 16.9. The number of hydrogen-bond donors (Lipinski definition) is 2. The zero-order valence-corrected chi connectivity index (χ0v) is 24.2. The molecule has 0 saturated carbocycles. The van der Waals surface area contributed by atoms with Gasteiger partial charge in [0.15, 0.2) is 17.3 Å². The molecule has 0 saturated heterocycles. The largest absolute Gasteiger partial charge is 0.494 e. The molecule has 212 valence electrons. The number of nitrogens with one attached hydrogen (secondary N) is 2. The Kier molecular flexibility index (Phi) is 8.15. The number of hydrogen-bond acceptors (Lipinski definition) is 6. The van der Waals surface area contributed by atoms with Gasteiger partial charge in [0.05, 0.1) is 26.7 Å². The highest BCUT2D eigenvalue weighted by Crippen LogP contribution is 2.48. The first-order valence-electron chi connectivity index (χ1n) is 13.9. The Morgan fingerprint density at radius 3 is 2.39 bits per heavy atom. The van der Waals surface area contributed by atoms with E-state index in [1.54, 1.807) is 14.2 Å². The minimum Gasteiger partial charge on any atom is -0.494 e. The standard InChI is InChI=1S/C34H36N2O5/c1-6-41-28-14-10-8-12-24(28)32-31(34(38)36-25-13-9-7-11-20(25)2)21(3)35-26-17-23(18-27(37)33(26)32)22-15-16-29(39-4)30(19-22)40-5/h7-16,19,23,32,35H,6,17-18H2,1-5H3,(H,36,38)/t23-,32-/m1/s1. The molecule has 1 aliphatic carbocycles. The number of ether oxygens (including phenoxy) is 3. The second-order valence-corrected chi connectivity index (χ2v) is 10.4. The molecule has 1 aliphatic heterocycles. The first kappa shape index (κ1) is 28.0. The molecule has 0 spiro atoms. The van der Waals surface area contributed by atoms with E-state index in [0.717, 1.165) is 28.1 Å². The predicted molar refractivity (Wildman–Crippen MR) is 160 cm³/mol. The molecule has 2 atom stereocenters. The summed E-state index contributed by atoms with van der Waals surface area (Å²) in [5.74, 6) is 1.07. The van der Waals surface area contributed by atoms with Crippen LogP contribution in [-0.4, -0.2) is 32.5 Å². The average Bonchev–Trinajstić information content (AvgIpc) is 2.97. The average molecular weight is 553 g/mol. The van der Waals surface area contributed by atoms with Crippen molar-refractivity contribution in [3.63, 3.8) is 0 Å². The Labute approximate surface area is 241 Å². The summed E-state index contributed by atoms with van der Waals surface area (Å²) in [6.45, 7) is 6.25. The van der Waals surface area contributed by atoms with Crippen LogP contribution >= 0.6 is 0 Å². The number of dihydropyridines is 1. The van der Waals surface area contributed by atoms with Crippen molar-refractivity contribution in [1.29, 1.82) is 0 Å². The van der Waals surface area contributed by atoms with Gasteiger partial charge >= 0.3 is 0 Å². The number of aryl methyl sites for hydroxylation is 1. The number of ketones is 1. The van der Waals surface area contributed by atoms with Gasteiger partial charge in [0, 0.05) is 40.2 Å². The summed E-state index contributed by atoms with van der Waals surface area (Å²) in [7, 11) is 3.21. The molecule has 41 heavy (non-hydrogen) atoms. The van der Waals surface area contributed by atoms with E-state index in [-0.39, 0.29) is 17.6 Å². The molecule has 7 nitrogen and oxygen atoms in total. The molecule has 2 aliphatic rings. The first-order chi connectivity index (χ1) is 19.9. The van der Waals surface area contributed by atoms with Crippen molar-refractivity contribution in [3.05, 3.63) is 106 Å². The molecule has 7 heteroatoms. The molecule has 0 fully saturated rings. The number of carbonyl (C=O) groups excluding carboxylic acids is 2. The van der Waals surface area contributed by atoms with Gasteiger partial charge in [-0.2, -0.15) is 0 Å². The van der Waals surface area contributed by atoms with Crippen molar-refractivity contribution in [2.45, 2.75) is 45.4 Å². The van der Waals surface area contributed by atoms with Crippen LogP contribution in [0.15, 0.2) is 89.3 Å². The normalized spacial score (nSPS) is 18.4. The Hall–Kier alpha value is -4.52. The zero-order valence-electron chi connectivity index (χ0n) is 24.2. The Morgan fingerprint density at radius 2 is 1.66 bits per heavy atom. The molecule has 3 aromatic rings. The molecule has 2 N–H and O–H groups in total. The predicted octanol–water partition coefficient (Wildman–Crippen LogP) is 6.41. The van der Waals surface area contributed by atoms with E-state index < -0.39 is 5.92 Å². The number of allylic oxidation sites excluding steroid dienone is 3. The van der Waals surface area contributed by atoms with Crippen LogP contribution in [-0.2, 0) is 9.59 Å². The molecule has 5 rings (SSSR count). The van der Waals surface area contributed by atoms with Gasteiger partial charge in [-0.05, 0) is 68.5 Å². The third-order valence-electron chi connectivity index (χ3n) is 7.87. The summed E-state index contributed by atoms with van der Waals surface area (Å²) in [6.07, 6.45) is 0.933. The number of anilines is 1.